The Bertz CT molecular complexity index is 669. The van der Waals surface area contributed by atoms with Crippen molar-refractivity contribution in [1.82, 2.24) is 4.98 Å². The fourth-order valence-corrected chi connectivity index (χ4v) is 2.23. The third-order valence-corrected chi connectivity index (χ3v) is 3.27. The first-order chi connectivity index (χ1) is 10.8. The van der Waals surface area contributed by atoms with Gasteiger partial charge >= 0.3 is 12.1 Å². The molecule has 3 N–H and O–H groups in total. The van der Waals surface area contributed by atoms with Gasteiger partial charge in [-0.05, 0) is 25.0 Å². The molecule has 126 valence electrons. The second-order valence-corrected chi connectivity index (χ2v) is 4.95. The molecule has 2 unspecified atom stereocenters. The number of ether oxygens (including phenoxy) is 2. The number of benzene rings is 1. The van der Waals surface area contributed by atoms with Gasteiger partial charge in [-0.2, -0.15) is 13.2 Å². The molecule has 1 heterocycles. The second-order valence-electron chi connectivity index (χ2n) is 4.95. The lowest BCUT2D eigenvalue weighted by Crippen LogP contribution is -2.44. The molecule has 0 aliphatic rings. The average Bonchev–Trinajstić information content (AvgIpc) is 2.89. The summed E-state index contributed by atoms with van der Waals surface area (Å²) in [5.41, 5.74) is 7.58. The number of aromatic amines is 1. The summed E-state index contributed by atoms with van der Waals surface area (Å²) < 4.78 is 46.4. The van der Waals surface area contributed by atoms with E-state index in [1.807, 2.05) is 24.3 Å². The zero-order valence-corrected chi connectivity index (χ0v) is 12.4. The fourth-order valence-electron chi connectivity index (χ4n) is 2.23. The van der Waals surface area contributed by atoms with Gasteiger partial charge < -0.3 is 20.2 Å². The maximum Gasteiger partial charge on any atom is 0.491 e. The minimum Gasteiger partial charge on any atom is -0.427 e. The van der Waals surface area contributed by atoms with Gasteiger partial charge in [0, 0.05) is 23.7 Å². The summed E-state index contributed by atoms with van der Waals surface area (Å²) in [4.78, 5) is 14.0. The number of aromatic nitrogens is 1. The molecule has 0 saturated carbocycles. The molecule has 0 bridgehead atoms. The number of H-pyrrole nitrogens is 1. The van der Waals surface area contributed by atoms with Gasteiger partial charge in [-0.3, -0.25) is 0 Å². The molecule has 2 atom stereocenters. The number of hydrogen-bond donors (Lipinski definition) is 2. The van der Waals surface area contributed by atoms with E-state index in [1.54, 1.807) is 13.1 Å². The second kappa shape index (κ2) is 7.01. The van der Waals surface area contributed by atoms with E-state index in [-0.39, 0.29) is 13.0 Å². The Labute approximate surface area is 130 Å². The van der Waals surface area contributed by atoms with E-state index in [0.717, 1.165) is 16.5 Å². The summed E-state index contributed by atoms with van der Waals surface area (Å²) in [6, 6.07) is 6.51. The van der Waals surface area contributed by atoms with E-state index in [9.17, 15) is 18.0 Å². The molecular formula is C15H17F3N2O3. The van der Waals surface area contributed by atoms with Gasteiger partial charge in [-0.15, -0.1) is 0 Å². The zero-order chi connectivity index (χ0) is 17.0. The minimum atomic E-state index is -5.09. The number of alkyl halides is 3. The van der Waals surface area contributed by atoms with Crippen molar-refractivity contribution in [3.63, 3.8) is 0 Å². The molecule has 0 saturated heterocycles. The first-order valence-electron chi connectivity index (χ1n) is 7.03. The van der Waals surface area contributed by atoms with E-state index in [0.29, 0.717) is 0 Å². The highest BCUT2D eigenvalue weighted by Gasteiger charge is 2.43. The van der Waals surface area contributed by atoms with Crippen LogP contribution in [-0.4, -0.2) is 36.1 Å². The Morgan fingerprint density at radius 1 is 1.35 bits per heavy atom. The Balaban J connectivity index is 2.11. The molecule has 0 fully saturated rings. The van der Waals surface area contributed by atoms with Gasteiger partial charge in [0.1, 0.15) is 0 Å². The highest BCUT2D eigenvalue weighted by Crippen LogP contribution is 2.22. The first kappa shape index (κ1) is 17.3. The summed E-state index contributed by atoms with van der Waals surface area (Å²) in [5, 5.41) is 0.903. The summed E-state index contributed by atoms with van der Waals surface area (Å²) in [7, 11) is 0. The number of hydrogen-bond acceptors (Lipinski definition) is 4. The van der Waals surface area contributed by atoms with Crippen LogP contribution in [0.2, 0.25) is 0 Å². The van der Waals surface area contributed by atoms with Crippen molar-refractivity contribution in [1.29, 1.82) is 0 Å². The fraction of sp³-hybridized carbons (Fsp3) is 0.400. The molecule has 0 spiro atoms. The van der Waals surface area contributed by atoms with E-state index < -0.39 is 24.5 Å². The molecule has 8 heteroatoms. The Morgan fingerprint density at radius 2 is 2.04 bits per heavy atom. The lowest BCUT2D eigenvalue weighted by Gasteiger charge is -2.24. The van der Waals surface area contributed by atoms with E-state index in [4.69, 9.17) is 10.5 Å². The molecule has 1 aromatic heterocycles. The molecule has 0 aliphatic carbocycles. The number of nitrogens with one attached hydrogen (secondary N) is 1. The van der Waals surface area contributed by atoms with E-state index >= 15 is 0 Å². The summed E-state index contributed by atoms with van der Waals surface area (Å²) >= 11 is 0. The van der Waals surface area contributed by atoms with Crippen LogP contribution in [0.15, 0.2) is 30.5 Å². The van der Waals surface area contributed by atoms with Crippen LogP contribution in [0.1, 0.15) is 12.5 Å². The van der Waals surface area contributed by atoms with Crippen LogP contribution in [0, 0.1) is 0 Å². The summed E-state index contributed by atoms with van der Waals surface area (Å²) in [6.07, 6.45) is -4.64. The lowest BCUT2D eigenvalue weighted by molar-refractivity contribution is -0.228. The van der Waals surface area contributed by atoms with Gasteiger partial charge in [0.15, 0.2) is 0 Å². The highest BCUT2D eigenvalue weighted by atomic mass is 19.4. The van der Waals surface area contributed by atoms with Crippen LogP contribution < -0.4 is 5.73 Å². The smallest absolute Gasteiger partial charge is 0.427 e. The molecule has 0 amide bonds. The molecule has 2 rings (SSSR count). The number of nitrogens with two attached hydrogens (primary N) is 1. The molecule has 0 radical (unpaired) electrons. The summed E-state index contributed by atoms with van der Waals surface area (Å²) in [6.45, 7) is 1.64. The van der Waals surface area contributed by atoms with Gasteiger partial charge in [0.05, 0.1) is 6.04 Å². The van der Waals surface area contributed by atoms with Crippen LogP contribution in [0.25, 0.3) is 10.9 Å². The number of carbonyl (C=O) groups is 1. The van der Waals surface area contributed by atoms with Gasteiger partial charge in [0.25, 0.3) is 0 Å². The maximum absolute atomic E-state index is 12.3. The summed E-state index contributed by atoms with van der Waals surface area (Å²) in [5.74, 6) is -2.31. The maximum atomic E-state index is 12.3. The molecule has 2 aromatic rings. The van der Waals surface area contributed by atoms with Crippen molar-refractivity contribution < 1.29 is 27.4 Å². The Kier molecular flexibility index (Phi) is 5.27. The predicted molar refractivity (Wildman–Crippen MR) is 77.5 cm³/mol. The quantitative estimate of drug-likeness (QED) is 0.630. The van der Waals surface area contributed by atoms with Crippen molar-refractivity contribution in [3.8, 4) is 0 Å². The van der Waals surface area contributed by atoms with E-state index in [2.05, 4.69) is 9.72 Å². The van der Waals surface area contributed by atoms with Crippen molar-refractivity contribution in [2.75, 3.05) is 6.61 Å². The minimum absolute atomic E-state index is 0.0669. The lowest BCUT2D eigenvalue weighted by atomic mass is 10.1. The normalized spacial score (nSPS) is 14.7. The number of fused-ring (bicyclic) bond motifs is 1. The Morgan fingerprint density at radius 3 is 2.70 bits per heavy atom. The third kappa shape index (κ3) is 4.23. The van der Waals surface area contributed by atoms with Crippen LogP contribution in [-0.2, 0) is 20.7 Å². The third-order valence-electron chi connectivity index (χ3n) is 3.27. The predicted octanol–water partition coefficient (Wildman–Crippen LogP) is 2.51. The topological polar surface area (TPSA) is 77.3 Å². The molecule has 5 nitrogen and oxygen atoms in total. The number of esters is 1. The highest BCUT2D eigenvalue weighted by molar-refractivity contribution is 5.83. The standard InChI is InChI=1S/C15H17F3N2O3/c1-2-22-13(23-14(21)15(16,17)18)11(19)7-9-8-20-12-6-4-3-5-10(9)12/h3-6,8,11,13,20H,2,7,19H2,1H3. The molecule has 23 heavy (non-hydrogen) atoms. The Hall–Kier alpha value is -2.06. The van der Waals surface area contributed by atoms with Crippen LogP contribution >= 0.6 is 0 Å². The van der Waals surface area contributed by atoms with Crippen molar-refractivity contribution in [2.24, 2.45) is 5.73 Å². The van der Waals surface area contributed by atoms with Crippen molar-refractivity contribution in [2.45, 2.75) is 31.9 Å². The zero-order valence-electron chi connectivity index (χ0n) is 12.4. The van der Waals surface area contributed by atoms with Gasteiger partial charge in [-0.25, -0.2) is 4.79 Å². The van der Waals surface area contributed by atoms with Crippen molar-refractivity contribution in [3.05, 3.63) is 36.0 Å². The van der Waals surface area contributed by atoms with E-state index in [1.165, 1.54) is 0 Å². The number of rotatable bonds is 6. The first-order valence-corrected chi connectivity index (χ1v) is 7.03. The van der Waals surface area contributed by atoms with Gasteiger partial charge in [0.2, 0.25) is 6.29 Å². The number of para-hydroxylation sites is 1. The van der Waals surface area contributed by atoms with Crippen LogP contribution in [0.3, 0.4) is 0 Å². The van der Waals surface area contributed by atoms with Gasteiger partial charge in [-0.1, -0.05) is 18.2 Å². The number of halogens is 3. The van der Waals surface area contributed by atoms with Crippen molar-refractivity contribution >= 4 is 16.9 Å². The SMILES string of the molecule is CCOC(OC(=O)C(F)(F)F)C(N)Cc1c[nH]c2ccccc12. The molecule has 1 aromatic carbocycles. The molecule has 0 aliphatic heterocycles. The average molecular weight is 330 g/mol. The molecular weight excluding hydrogens is 313 g/mol. The van der Waals surface area contributed by atoms with Crippen LogP contribution in [0.5, 0.6) is 0 Å². The monoisotopic (exact) mass is 330 g/mol. The number of carbonyl (C=O) groups excluding carboxylic acids is 1. The largest absolute Gasteiger partial charge is 0.491 e. The van der Waals surface area contributed by atoms with Crippen LogP contribution in [0.4, 0.5) is 13.2 Å².